The molecule has 4 N–H and O–H groups in total. The van der Waals surface area contributed by atoms with Crippen LogP contribution in [0.2, 0.25) is 0 Å². The minimum absolute atomic E-state index is 0.00103. The fraction of sp³-hybridized carbons (Fsp3) is 0.364. The number of benzene rings is 3. The van der Waals surface area contributed by atoms with E-state index in [1.54, 1.807) is 0 Å². The summed E-state index contributed by atoms with van der Waals surface area (Å²) in [5.41, 5.74) is 6.79. The predicted molar refractivity (Wildman–Crippen MR) is 153 cm³/mol. The summed E-state index contributed by atoms with van der Waals surface area (Å²) >= 11 is 0. The van der Waals surface area contributed by atoms with Gasteiger partial charge in [0.15, 0.2) is 6.54 Å². The van der Waals surface area contributed by atoms with Crippen molar-refractivity contribution in [3.8, 4) is 11.5 Å². The van der Waals surface area contributed by atoms with Crippen LogP contribution in [-0.2, 0) is 25.7 Å². The number of nitrogens with zero attached hydrogens (tertiary/aromatic N) is 2. The van der Waals surface area contributed by atoms with Crippen molar-refractivity contribution in [2.24, 2.45) is 0 Å². The highest BCUT2D eigenvalue weighted by molar-refractivity contribution is 6.01. The molecule has 0 saturated carbocycles. The monoisotopic (exact) mass is 567 g/mol. The maximum Gasteiger partial charge on any atom is 0.336 e. The summed E-state index contributed by atoms with van der Waals surface area (Å²) in [6, 6.07) is 8.32. The average Bonchev–Trinajstić information content (AvgIpc) is 2.96. The normalized spacial score (nSPS) is 21.5. The number of rotatable bonds is 3. The third-order valence-electron chi connectivity index (χ3n) is 9.49. The first-order valence-electron chi connectivity index (χ1n) is 14.7. The molecule has 2 atom stereocenters. The number of fused-ring (bicyclic) bond motifs is 4. The number of carboxylic acids is 2. The third-order valence-corrected chi connectivity index (χ3v) is 9.49. The first-order valence-corrected chi connectivity index (χ1v) is 14.7. The SMILES string of the molecule is O=C(O)c1ccc(C(=O)O)c(C2=c3cc4c5c(c3Oc3c2cc2c6c3C[C@@H](O)CN6CCC2)C[C@@H](O)C[N+]=5CCC4)c1. The summed E-state index contributed by atoms with van der Waals surface area (Å²) in [5, 5.41) is 43.8. The van der Waals surface area contributed by atoms with Crippen molar-refractivity contribution in [2.45, 2.75) is 50.7 Å². The van der Waals surface area contributed by atoms with Gasteiger partial charge in [0.25, 0.3) is 0 Å². The topological polar surface area (TPSA) is 131 Å². The van der Waals surface area contributed by atoms with Crippen molar-refractivity contribution in [3.05, 3.63) is 85.4 Å². The second-order valence-electron chi connectivity index (χ2n) is 12.1. The van der Waals surface area contributed by atoms with Crippen molar-refractivity contribution in [3.63, 3.8) is 0 Å². The molecule has 3 aromatic rings. The van der Waals surface area contributed by atoms with Crippen LogP contribution in [0.5, 0.6) is 11.5 Å². The first kappa shape index (κ1) is 25.5. The van der Waals surface area contributed by atoms with Gasteiger partial charge < -0.3 is 30.1 Å². The zero-order valence-corrected chi connectivity index (χ0v) is 23.0. The Morgan fingerprint density at radius 1 is 0.881 bits per heavy atom. The Labute approximate surface area is 241 Å². The second-order valence-corrected chi connectivity index (χ2v) is 12.1. The third kappa shape index (κ3) is 3.66. The summed E-state index contributed by atoms with van der Waals surface area (Å²) in [7, 11) is 0. The maximum atomic E-state index is 12.6. The maximum absolute atomic E-state index is 12.6. The lowest BCUT2D eigenvalue weighted by molar-refractivity contribution is 0.0681. The number of hydrogen-bond donors (Lipinski definition) is 4. The standard InChI is InChI=1S/C33H30N2O7/c36-19-12-25-28-16(3-1-7-34(28)14-19)9-23-27(22-11-18(32(38)39)5-6-21(22)33(40)41)24-10-17-4-2-8-35-15-20(37)13-26(29(17)35)31(24)42-30(23)25/h5-6,9-11,19-20,36-37H,1-4,7-8,12-15H2,(H-,38,39,40,41)/p+1/t19-,20-/m1/s1. The molecule has 42 heavy (non-hydrogen) atoms. The number of hydrogen-bond acceptors (Lipinski definition) is 6. The molecule has 0 saturated heterocycles. The molecule has 0 unspecified atom stereocenters. The van der Waals surface area contributed by atoms with Gasteiger partial charge in [-0.25, -0.2) is 14.2 Å². The minimum atomic E-state index is -1.15. The summed E-state index contributed by atoms with van der Waals surface area (Å²) in [5.74, 6) is -1.12. The van der Waals surface area contributed by atoms with Crippen LogP contribution in [0.25, 0.3) is 5.57 Å². The molecule has 0 radical (unpaired) electrons. The smallest absolute Gasteiger partial charge is 0.336 e. The number of aliphatic hydroxyl groups is 2. The Hall–Kier alpha value is -4.21. The predicted octanol–water partition coefficient (Wildman–Crippen LogP) is 1.46. The number of aryl methyl sites for hydroxylation is 2. The number of carboxylic acid groups (broad SMARTS) is 2. The molecular weight excluding hydrogens is 536 g/mol. The largest absolute Gasteiger partial charge is 0.478 e. The Morgan fingerprint density at radius 3 is 2.50 bits per heavy atom. The number of ether oxygens (including phenoxy) is 1. The van der Waals surface area contributed by atoms with Gasteiger partial charge in [-0.1, -0.05) is 0 Å². The summed E-state index contributed by atoms with van der Waals surface area (Å²) in [4.78, 5) is 26.9. The van der Waals surface area contributed by atoms with Crippen LogP contribution in [0.1, 0.15) is 66.9 Å². The fourth-order valence-electron chi connectivity index (χ4n) is 7.92. The van der Waals surface area contributed by atoms with Crippen molar-refractivity contribution in [1.29, 1.82) is 0 Å². The zero-order valence-electron chi connectivity index (χ0n) is 23.0. The fourth-order valence-corrected chi connectivity index (χ4v) is 7.92. The quantitative estimate of drug-likeness (QED) is 0.274. The van der Waals surface area contributed by atoms with E-state index in [2.05, 4.69) is 21.6 Å². The van der Waals surface area contributed by atoms with Gasteiger partial charge in [-0.15, -0.1) is 0 Å². The Bertz CT molecular complexity index is 1880. The van der Waals surface area contributed by atoms with Crippen LogP contribution in [-0.4, -0.2) is 70.8 Å². The van der Waals surface area contributed by atoms with Crippen molar-refractivity contribution in [2.75, 3.05) is 31.1 Å². The molecule has 9 heteroatoms. The van der Waals surface area contributed by atoms with Crippen LogP contribution in [0.4, 0.5) is 5.69 Å². The van der Waals surface area contributed by atoms with Crippen LogP contribution in [0, 0.1) is 0 Å². The van der Waals surface area contributed by atoms with Crippen molar-refractivity contribution in [1.82, 2.24) is 4.58 Å². The van der Waals surface area contributed by atoms with Gasteiger partial charge in [0.2, 0.25) is 5.36 Å². The molecule has 8 rings (SSSR count). The summed E-state index contributed by atoms with van der Waals surface area (Å²) in [6.07, 6.45) is 3.22. The van der Waals surface area contributed by atoms with Gasteiger partial charge >= 0.3 is 11.9 Å². The lowest BCUT2D eigenvalue weighted by Crippen LogP contribution is -2.50. The van der Waals surface area contributed by atoms with E-state index in [4.69, 9.17) is 4.74 Å². The molecule has 0 aromatic heterocycles. The van der Waals surface area contributed by atoms with Crippen LogP contribution >= 0.6 is 0 Å². The van der Waals surface area contributed by atoms with Gasteiger partial charge in [-0.2, -0.15) is 0 Å². The number of aromatic carboxylic acids is 2. The molecule has 9 nitrogen and oxygen atoms in total. The van der Waals surface area contributed by atoms with Gasteiger partial charge in [-0.05, 0) is 60.7 Å². The zero-order chi connectivity index (χ0) is 28.9. The van der Waals surface area contributed by atoms with E-state index in [1.165, 1.54) is 18.2 Å². The van der Waals surface area contributed by atoms with Gasteiger partial charge in [0.1, 0.15) is 24.1 Å². The minimum Gasteiger partial charge on any atom is -0.478 e. The molecule has 0 fully saturated rings. The Morgan fingerprint density at radius 2 is 1.69 bits per heavy atom. The highest BCUT2D eigenvalue weighted by Gasteiger charge is 2.39. The molecule has 0 spiro atoms. The van der Waals surface area contributed by atoms with E-state index in [0.29, 0.717) is 59.3 Å². The molecule has 0 bridgehead atoms. The molecule has 5 aliphatic rings. The van der Waals surface area contributed by atoms with Crippen LogP contribution in [0.15, 0.2) is 30.3 Å². The van der Waals surface area contributed by atoms with E-state index in [9.17, 15) is 30.0 Å². The molecular formula is C33H31N2O7+. The summed E-state index contributed by atoms with van der Waals surface area (Å²) < 4.78 is 9.10. The van der Waals surface area contributed by atoms with Crippen LogP contribution < -0.4 is 24.8 Å². The number of carbonyl (C=O) groups is 2. The van der Waals surface area contributed by atoms with Gasteiger partial charge in [-0.3, -0.25) is 0 Å². The number of aliphatic hydroxyl groups excluding tert-OH is 2. The molecule has 0 amide bonds. The molecule has 5 heterocycles. The second kappa shape index (κ2) is 9.14. The van der Waals surface area contributed by atoms with E-state index < -0.39 is 24.1 Å². The summed E-state index contributed by atoms with van der Waals surface area (Å²) in [6.45, 7) is 2.78. The molecule has 214 valence electrons. The molecule has 3 aromatic carbocycles. The van der Waals surface area contributed by atoms with Gasteiger partial charge in [0.05, 0.1) is 22.8 Å². The highest BCUT2D eigenvalue weighted by Crippen LogP contribution is 2.49. The van der Waals surface area contributed by atoms with E-state index in [0.717, 1.165) is 72.1 Å². The van der Waals surface area contributed by atoms with Crippen molar-refractivity contribution >= 4 is 23.2 Å². The average molecular weight is 568 g/mol. The van der Waals surface area contributed by atoms with E-state index in [-0.39, 0.29) is 11.1 Å². The highest BCUT2D eigenvalue weighted by atomic mass is 16.5. The lowest BCUT2D eigenvalue weighted by Gasteiger charge is -2.41. The molecule has 0 aliphatic carbocycles. The van der Waals surface area contributed by atoms with E-state index in [1.807, 2.05) is 0 Å². The van der Waals surface area contributed by atoms with Crippen LogP contribution in [0.3, 0.4) is 0 Å². The van der Waals surface area contributed by atoms with Gasteiger partial charge in [0, 0.05) is 65.5 Å². The Balaban J connectivity index is 1.55. The lowest BCUT2D eigenvalue weighted by atomic mass is 9.81. The van der Waals surface area contributed by atoms with Crippen molar-refractivity contribution < 1.29 is 34.8 Å². The Kier molecular flexibility index (Phi) is 5.55. The molecule has 5 aliphatic heterocycles. The van der Waals surface area contributed by atoms with E-state index >= 15 is 0 Å². The first-order chi connectivity index (χ1) is 20.3. The number of anilines is 1.